The number of nitrogens with two attached hydrogens (primary N) is 1. The van der Waals surface area contributed by atoms with Gasteiger partial charge in [0.15, 0.2) is 4.90 Å². The van der Waals surface area contributed by atoms with Gasteiger partial charge in [0.05, 0.1) is 22.6 Å². The number of aromatic nitrogens is 3. The average Bonchev–Trinajstić information content (AvgIpc) is 3.79. The van der Waals surface area contributed by atoms with Crippen molar-refractivity contribution in [3.05, 3.63) is 99.9 Å². The Kier molecular flexibility index (Phi) is 7.43. The molecule has 1 atom stereocenters. The molecular formula is C30H27N5O5S. The molecule has 3 N–H and O–H groups in total. The molecule has 1 fully saturated rings. The highest BCUT2D eigenvalue weighted by Gasteiger charge is 2.34. The van der Waals surface area contributed by atoms with Crippen molar-refractivity contribution >= 4 is 15.7 Å². The summed E-state index contributed by atoms with van der Waals surface area (Å²) in [4.78, 5) is 32.2. The maximum absolute atomic E-state index is 13.8. The van der Waals surface area contributed by atoms with E-state index in [1.165, 1.54) is 35.0 Å². The molecule has 208 valence electrons. The molecule has 10 nitrogen and oxygen atoms in total. The van der Waals surface area contributed by atoms with Gasteiger partial charge < -0.3 is 10.8 Å². The van der Waals surface area contributed by atoms with E-state index in [9.17, 15) is 28.4 Å². The molecule has 1 saturated carbocycles. The number of rotatable bonds is 9. The number of carbonyl (C=O) groups excluding carboxylic acids is 1. The van der Waals surface area contributed by atoms with Crippen LogP contribution in [0.5, 0.6) is 5.88 Å². The molecule has 41 heavy (non-hydrogen) atoms. The minimum atomic E-state index is -4.52. The minimum absolute atomic E-state index is 0.0326. The Labute approximate surface area is 236 Å². The molecule has 4 aromatic rings. The lowest BCUT2D eigenvalue weighted by Gasteiger charge is -2.25. The van der Waals surface area contributed by atoms with Gasteiger partial charge in [0.1, 0.15) is 11.5 Å². The van der Waals surface area contributed by atoms with Crippen LogP contribution in [0.4, 0.5) is 0 Å². The summed E-state index contributed by atoms with van der Waals surface area (Å²) in [6.07, 6.45) is 4.19. The fraction of sp³-hybridized carbons (Fsp3) is 0.233. The van der Waals surface area contributed by atoms with Gasteiger partial charge in [0, 0.05) is 18.2 Å². The lowest BCUT2D eigenvalue weighted by atomic mass is 10.0. The maximum atomic E-state index is 13.8. The normalized spacial score (nSPS) is 13.9. The van der Waals surface area contributed by atoms with E-state index >= 15 is 0 Å². The number of nitriles is 1. The Bertz CT molecular complexity index is 1860. The van der Waals surface area contributed by atoms with E-state index in [2.05, 4.69) is 16.0 Å². The molecule has 0 bridgehead atoms. The van der Waals surface area contributed by atoms with E-state index in [4.69, 9.17) is 5.73 Å². The second-order valence-corrected chi connectivity index (χ2v) is 11.8. The summed E-state index contributed by atoms with van der Waals surface area (Å²) in [5.74, 6) is -0.828. The summed E-state index contributed by atoms with van der Waals surface area (Å²) in [6, 6.07) is 17.2. The molecule has 1 amide bonds. The van der Waals surface area contributed by atoms with Crippen LogP contribution in [-0.2, 0) is 16.3 Å². The van der Waals surface area contributed by atoms with Crippen molar-refractivity contribution in [3.8, 4) is 23.1 Å². The number of nitrogens with zero attached hydrogens (tertiary/aromatic N) is 4. The first kappa shape index (κ1) is 27.7. The number of benzene rings is 2. The highest BCUT2D eigenvalue weighted by molar-refractivity contribution is 7.91. The average molecular weight is 570 g/mol. The third kappa shape index (κ3) is 5.34. The second kappa shape index (κ2) is 11.0. The first-order valence-electron chi connectivity index (χ1n) is 13.1. The van der Waals surface area contributed by atoms with Crippen LogP contribution < -0.4 is 11.3 Å². The number of pyridine rings is 1. The maximum Gasteiger partial charge on any atom is 0.296 e. The summed E-state index contributed by atoms with van der Waals surface area (Å²) in [7, 11) is -4.52. The third-order valence-corrected chi connectivity index (χ3v) is 8.97. The first-order valence-corrected chi connectivity index (χ1v) is 14.6. The van der Waals surface area contributed by atoms with Crippen LogP contribution in [0.15, 0.2) is 81.4 Å². The smallest absolute Gasteiger partial charge is 0.296 e. The van der Waals surface area contributed by atoms with Gasteiger partial charge in [-0.15, -0.1) is 0 Å². The number of carbonyl (C=O) groups is 1. The number of sulfone groups is 1. The van der Waals surface area contributed by atoms with Gasteiger partial charge in [-0.1, -0.05) is 37.3 Å². The van der Waals surface area contributed by atoms with Gasteiger partial charge in [-0.3, -0.25) is 19.1 Å². The van der Waals surface area contributed by atoms with Crippen molar-refractivity contribution in [1.82, 2.24) is 14.5 Å². The largest absolute Gasteiger partial charge is 0.493 e. The molecule has 2 aromatic heterocycles. The quantitative estimate of drug-likeness (QED) is 0.307. The number of amides is 1. The standard InChI is InChI=1S/C30H27N5O5S/c1-2-24(21-6-3-5-19(15-21)17-31)35-25(16-18-8-9-18)34-29(37)27(30(35)38)41(39,40)22-12-10-20(11-13-22)23-7-4-14-33-26(23)28(32)36/h3-7,10-15,18,24,38H,2,8-9,16H2,1H3,(H2,32,36). The summed E-state index contributed by atoms with van der Waals surface area (Å²) in [6.45, 7) is 1.87. The fourth-order valence-electron chi connectivity index (χ4n) is 4.98. The zero-order valence-electron chi connectivity index (χ0n) is 22.2. The van der Waals surface area contributed by atoms with E-state index in [-0.39, 0.29) is 10.6 Å². The van der Waals surface area contributed by atoms with Crippen molar-refractivity contribution in [3.63, 3.8) is 0 Å². The molecule has 1 aliphatic rings. The van der Waals surface area contributed by atoms with Gasteiger partial charge >= 0.3 is 0 Å². The summed E-state index contributed by atoms with van der Waals surface area (Å²) >= 11 is 0. The molecule has 2 heterocycles. The van der Waals surface area contributed by atoms with Crippen LogP contribution in [0, 0.1) is 17.2 Å². The summed E-state index contributed by atoms with van der Waals surface area (Å²) in [5.41, 5.74) is 6.43. The van der Waals surface area contributed by atoms with Crippen LogP contribution >= 0.6 is 0 Å². The van der Waals surface area contributed by atoms with Crippen LogP contribution in [0.1, 0.15) is 59.7 Å². The van der Waals surface area contributed by atoms with Gasteiger partial charge in [-0.05, 0) is 66.6 Å². The van der Waals surface area contributed by atoms with Gasteiger partial charge in [-0.25, -0.2) is 8.42 Å². The highest BCUT2D eigenvalue weighted by atomic mass is 32.2. The SMILES string of the molecule is CCC(c1cccc(C#N)c1)n1c(CC2CC2)nc(=O)c(S(=O)(=O)c2ccc(-c3cccnc3C(N)=O)cc2)c1O. The highest BCUT2D eigenvalue weighted by Crippen LogP contribution is 2.37. The van der Waals surface area contributed by atoms with Crippen molar-refractivity contribution in [2.45, 2.75) is 48.4 Å². The first-order chi connectivity index (χ1) is 19.6. The zero-order chi connectivity index (χ0) is 29.3. The molecule has 1 aliphatic carbocycles. The molecule has 0 radical (unpaired) electrons. The summed E-state index contributed by atoms with van der Waals surface area (Å²) < 4.78 is 29.0. The number of hydrogen-bond acceptors (Lipinski definition) is 8. The molecule has 2 aromatic carbocycles. The number of hydrogen-bond donors (Lipinski definition) is 2. The van der Waals surface area contributed by atoms with Crippen LogP contribution in [0.3, 0.4) is 0 Å². The Balaban J connectivity index is 1.64. The Morgan fingerprint density at radius 2 is 1.90 bits per heavy atom. The topological polar surface area (TPSA) is 169 Å². The van der Waals surface area contributed by atoms with E-state index in [0.717, 1.165) is 12.8 Å². The summed E-state index contributed by atoms with van der Waals surface area (Å²) in [5, 5.41) is 20.9. The Morgan fingerprint density at radius 3 is 2.54 bits per heavy atom. The zero-order valence-corrected chi connectivity index (χ0v) is 23.0. The predicted octanol–water partition coefficient (Wildman–Crippen LogP) is 3.77. The lowest BCUT2D eigenvalue weighted by molar-refractivity contribution is 0.0996. The van der Waals surface area contributed by atoms with E-state index in [1.807, 2.05) is 6.92 Å². The van der Waals surface area contributed by atoms with Crippen molar-refractivity contribution in [1.29, 1.82) is 5.26 Å². The molecule has 11 heteroatoms. The van der Waals surface area contributed by atoms with Crippen molar-refractivity contribution in [2.75, 3.05) is 0 Å². The van der Waals surface area contributed by atoms with Crippen LogP contribution in [-0.4, -0.2) is 34.0 Å². The number of primary amides is 1. The molecule has 1 unspecified atom stereocenters. The molecule has 0 saturated heterocycles. The molecular weight excluding hydrogens is 542 g/mol. The lowest BCUT2D eigenvalue weighted by Crippen LogP contribution is -2.27. The monoisotopic (exact) mass is 569 g/mol. The van der Waals surface area contributed by atoms with E-state index in [1.54, 1.807) is 36.4 Å². The predicted molar refractivity (Wildman–Crippen MR) is 150 cm³/mol. The Hall–Kier alpha value is -4.82. The van der Waals surface area contributed by atoms with Gasteiger partial charge in [0.25, 0.3) is 11.5 Å². The Morgan fingerprint density at radius 1 is 1.17 bits per heavy atom. The second-order valence-electron chi connectivity index (χ2n) is 9.96. The molecule has 0 aliphatic heterocycles. The van der Waals surface area contributed by atoms with Crippen molar-refractivity contribution < 1.29 is 18.3 Å². The van der Waals surface area contributed by atoms with Crippen molar-refractivity contribution in [2.24, 2.45) is 11.7 Å². The molecule has 5 rings (SSSR count). The van der Waals surface area contributed by atoms with E-state index < -0.39 is 38.1 Å². The van der Waals surface area contributed by atoms with Crippen LogP contribution in [0.25, 0.3) is 11.1 Å². The third-order valence-electron chi connectivity index (χ3n) is 7.19. The number of aromatic hydroxyl groups is 1. The molecule has 0 spiro atoms. The van der Waals surface area contributed by atoms with Crippen LogP contribution in [0.2, 0.25) is 0 Å². The van der Waals surface area contributed by atoms with E-state index in [0.29, 0.717) is 46.8 Å². The van der Waals surface area contributed by atoms with Gasteiger partial charge in [0.2, 0.25) is 15.7 Å². The fourth-order valence-corrected chi connectivity index (χ4v) is 6.33. The van der Waals surface area contributed by atoms with Gasteiger partial charge in [-0.2, -0.15) is 10.2 Å². The minimum Gasteiger partial charge on any atom is -0.493 e.